The van der Waals surface area contributed by atoms with Crippen molar-refractivity contribution in [2.75, 3.05) is 13.7 Å². The van der Waals surface area contributed by atoms with Gasteiger partial charge in [0, 0.05) is 11.0 Å². The minimum Gasteiger partial charge on any atom is -0.504 e. The highest BCUT2D eigenvalue weighted by Gasteiger charge is 2.12. The number of halogens is 1. The first-order valence-electron chi connectivity index (χ1n) is 8.05. The third-order valence-electron chi connectivity index (χ3n) is 3.73. The summed E-state index contributed by atoms with van der Waals surface area (Å²) in [7, 11) is 1.43. The molecule has 2 aromatic rings. The Morgan fingerprint density at radius 1 is 1.35 bits per heavy atom. The molecule has 0 radical (unpaired) electrons. The number of hydrogen-bond donors (Lipinski definition) is 2. The number of benzene rings is 2. The smallest absolute Gasteiger partial charge is 0.261 e. The van der Waals surface area contributed by atoms with E-state index in [0.717, 1.165) is 12.8 Å². The maximum atomic E-state index is 12.2. The van der Waals surface area contributed by atoms with Crippen LogP contribution in [0.5, 0.6) is 11.5 Å². The molecule has 0 aliphatic rings. The summed E-state index contributed by atoms with van der Waals surface area (Å²) in [6.07, 6.45) is 3.09. The molecule has 0 unspecified atom stereocenters. The van der Waals surface area contributed by atoms with Gasteiger partial charge in [0.15, 0.2) is 11.5 Å². The quantitative estimate of drug-likeness (QED) is 0.409. The molecule has 6 heteroatoms. The van der Waals surface area contributed by atoms with Crippen molar-refractivity contribution in [2.45, 2.75) is 12.8 Å². The van der Waals surface area contributed by atoms with Gasteiger partial charge in [0.05, 0.1) is 7.11 Å². The Kier molecular flexibility index (Phi) is 7.24. The van der Waals surface area contributed by atoms with Crippen molar-refractivity contribution in [3.63, 3.8) is 0 Å². The van der Waals surface area contributed by atoms with Crippen molar-refractivity contribution in [3.8, 4) is 17.6 Å². The van der Waals surface area contributed by atoms with Gasteiger partial charge >= 0.3 is 0 Å². The van der Waals surface area contributed by atoms with Gasteiger partial charge in [-0.05, 0) is 42.2 Å². The second-order valence-electron chi connectivity index (χ2n) is 5.56. The summed E-state index contributed by atoms with van der Waals surface area (Å²) in [5.74, 6) is -0.195. The van der Waals surface area contributed by atoms with Crippen LogP contribution in [0.2, 0.25) is 0 Å². The number of rotatable bonds is 7. The molecule has 1 amide bonds. The second-order valence-corrected chi connectivity index (χ2v) is 6.41. The Morgan fingerprint density at radius 2 is 2.08 bits per heavy atom. The lowest BCUT2D eigenvalue weighted by molar-refractivity contribution is -0.117. The van der Waals surface area contributed by atoms with Gasteiger partial charge in [-0.3, -0.25) is 4.79 Å². The summed E-state index contributed by atoms with van der Waals surface area (Å²) < 4.78 is 5.61. The van der Waals surface area contributed by atoms with Gasteiger partial charge < -0.3 is 15.2 Å². The number of phenols is 1. The normalized spacial score (nSPS) is 10.9. The van der Waals surface area contributed by atoms with Crippen molar-refractivity contribution >= 4 is 27.9 Å². The monoisotopic (exact) mass is 414 g/mol. The number of methoxy groups -OCH3 is 1. The van der Waals surface area contributed by atoms with Crippen LogP contribution >= 0.6 is 15.9 Å². The first-order valence-corrected chi connectivity index (χ1v) is 8.85. The highest BCUT2D eigenvalue weighted by atomic mass is 79.9. The molecule has 2 rings (SSSR count). The molecule has 2 N–H and O–H groups in total. The molecule has 0 atom stereocenters. The average Bonchev–Trinajstić information content (AvgIpc) is 2.65. The Bertz CT molecular complexity index is 842. The molecule has 0 saturated heterocycles. The molecule has 134 valence electrons. The van der Waals surface area contributed by atoms with E-state index in [4.69, 9.17) is 4.74 Å². The zero-order chi connectivity index (χ0) is 18.9. The number of carbonyl (C=O) groups is 1. The maximum absolute atomic E-state index is 12.2. The summed E-state index contributed by atoms with van der Waals surface area (Å²) in [6, 6.07) is 14.9. The highest BCUT2D eigenvalue weighted by molar-refractivity contribution is 9.10. The molecule has 5 nitrogen and oxygen atoms in total. The van der Waals surface area contributed by atoms with Crippen molar-refractivity contribution in [3.05, 3.63) is 63.6 Å². The van der Waals surface area contributed by atoms with Gasteiger partial charge in [-0.15, -0.1) is 0 Å². The van der Waals surface area contributed by atoms with E-state index >= 15 is 0 Å². The number of amides is 1. The minimum atomic E-state index is -0.431. The lowest BCUT2D eigenvalue weighted by Crippen LogP contribution is -2.25. The number of aryl methyl sites for hydroxylation is 1. The number of carbonyl (C=O) groups excluding carboxylic acids is 1. The summed E-state index contributed by atoms with van der Waals surface area (Å²) >= 11 is 3.31. The molecule has 0 aliphatic heterocycles. The molecular formula is C20H19BrN2O3. The van der Waals surface area contributed by atoms with Crippen LogP contribution < -0.4 is 10.1 Å². The van der Waals surface area contributed by atoms with Gasteiger partial charge in [-0.2, -0.15) is 5.26 Å². The van der Waals surface area contributed by atoms with Crippen LogP contribution in [-0.2, 0) is 11.2 Å². The van der Waals surface area contributed by atoms with Crippen molar-refractivity contribution in [2.24, 2.45) is 0 Å². The fourth-order valence-electron chi connectivity index (χ4n) is 2.37. The second kappa shape index (κ2) is 9.64. The molecule has 0 saturated carbocycles. The van der Waals surface area contributed by atoms with E-state index < -0.39 is 5.91 Å². The van der Waals surface area contributed by atoms with Crippen molar-refractivity contribution in [1.82, 2.24) is 5.32 Å². The lowest BCUT2D eigenvalue weighted by atomic mass is 10.1. The third kappa shape index (κ3) is 5.36. The van der Waals surface area contributed by atoms with E-state index in [1.54, 1.807) is 6.07 Å². The van der Waals surface area contributed by atoms with Crippen molar-refractivity contribution in [1.29, 1.82) is 5.26 Å². The van der Waals surface area contributed by atoms with E-state index in [0.29, 0.717) is 16.6 Å². The highest BCUT2D eigenvalue weighted by Crippen LogP contribution is 2.33. The van der Waals surface area contributed by atoms with Crippen LogP contribution in [0.15, 0.2) is 52.5 Å². The Hall–Kier alpha value is -2.78. The maximum Gasteiger partial charge on any atom is 0.261 e. The largest absolute Gasteiger partial charge is 0.504 e. The van der Waals surface area contributed by atoms with Crippen LogP contribution in [0.25, 0.3) is 6.08 Å². The fraction of sp³-hybridized carbons (Fsp3) is 0.200. The first-order chi connectivity index (χ1) is 12.5. The van der Waals surface area contributed by atoms with E-state index in [9.17, 15) is 15.2 Å². The van der Waals surface area contributed by atoms with Crippen LogP contribution in [0, 0.1) is 11.3 Å². The number of nitrogens with one attached hydrogen (secondary N) is 1. The SMILES string of the molecule is COc1cc(/C=C(/C#N)C(=O)NCCCc2ccccc2)c(Br)cc1O. The van der Waals surface area contributed by atoms with Crippen LogP contribution in [0.4, 0.5) is 0 Å². The molecule has 0 heterocycles. The van der Waals surface area contributed by atoms with Crippen LogP contribution in [0.1, 0.15) is 17.5 Å². The van der Waals surface area contributed by atoms with Gasteiger partial charge in [0.2, 0.25) is 0 Å². The standard InChI is InChI=1S/C20H19BrN2O3/c1-26-19-11-15(17(21)12-18(19)24)10-16(13-22)20(25)23-9-5-8-14-6-3-2-4-7-14/h2-4,6-7,10-12,24H,5,8-9H2,1H3,(H,23,25)/b16-10-. The van der Waals surface area contributed by atoms with Gasteiger partial charge in [0.1, 0.15) is 11.6 Å². The molecule has 0 aliphatic carbocycles. The zero-order valence-corrected chi connectivity index (χ0v) is 15.9. The topological polar surface area (TPSA) is 82.3 Å². The number of nitrogens with zero attached hydrogens (tertiary/aromatic N) is 1. The molecule has 0 bridgehead atoms. The lowest BCUT2D eigenvalue weighted by Gasteiger charge is -2.08. The number of aromatic hydroxyl groups is 1. The van der Waals surface area contributed by atoms with Crippen LogP contribution in [-0.4, -0.2) is 24.7 Å². The summed E-state index contributed by atoms with van der Waals surface area (Å²) in [5, 5.41) is 21.8. The molecule has 0 aromatic heterocycles. The van der Waals surface area contributed by atoms with Gasteiger partial charge in [0.25, 0.3) is 5.91 Å². The van der Waals surface area contributed by atoms with Crippen molar-refractivity contribution < 1.29 is 14.6 Å². The van der Waals surface area contributed by atoms with Crippen LogP contribution in [0.3, 0.4) is 0 Å². The predicted molar refractivity (Wildman–Crippen MR) is 104 cm³/mol. The van der Waals surface area contributed by atoms with E-state index in [-0.39, 0.29) is 17.1 Å². The Morgan fingerprint density at radius 3 is 2.73 bits per heavy atom. The van der Waals surface area contributed by atoms with E-state index in [2.05, 4.69) is 21.2 Å². The molecule has 2 aromatic carbocycles. The molecular weight excluding hydrogens is 396 g/mol. The van der Waals surface area contributed by atoms with E-state index in [1.165, 1.54) is 24.8 Å². The van der Waals surface area contributed by atoms with Gasteiger partial charge in [-0.1, -0.05) is 46.3 Å². The zero-order valence-electron chi connectivity index (χ0n) is 14.3. The minimum absolute atomic E-state index is 0.0156. The Labute approximate surface area is 161 Å². The number of nitriles is 1. The fourth-order valence-corrected chi connectivity index (χ4v) is 2.82. The Balaban J connectivity index is 2.00. The number of ether oxygens (including phenoxy) is 1. The summed E-state index contributed by atoms with van der Waals surface area (Å²) in [5.41, 5.74) is 1.76. The first kappa shape index (κ1) is 19.5. The molecule has 26 heavy (non-hydrogen) atoms. The number of phenolic OH excluding ortho intramolecular Hbond substituents is 1. The summed E-state index contributed by atoms with van der Waals surface area (Å²) in [6.45, 7) is 0.479. The average molecular weight is 415 g/mol. The summed E-state index contributed by atoms with van der Waals surface area (Å²) in [4.78, 5) is 12.2. The van der Waals surface area contributed by atoms with E-state index in [1.807, 2.05) is 36.4 Å². The number of hydrogen-bond acceptors (Lipinski definition) is 4. The molecule has 0 spiro atoms. The van der Waals surface area contributed by atoms with Gasteiger partial charge in [-0.25, -0.2) is 0 Å². The predicted octanol–water partition coefficient (Wildman–Crippen LogP) is 3.82. The third-order valence-corrected chi connectivity index (χ3v) is 4.42. The molecule has 0 fully saturated rings.